The molecular weight excluding hydrogens is 1110 g/mol. The highest BCUT2D eigenvalue weighted by molar-refractivity contribution is 5.88. The van der Waals surface area contributed by atoms with Gasteiger partial charge in [-0.1, -0.05) is 299 Å². The van der Waals surface area contributed by atoms with Crippen LogP contribution in [-0.4, -0.2) is 91.7 Å². The fourth-order valence-electron chi connectivity index (χ4n) is 14.5. The number of carbonyl (C=O) groups excluding carboxylic acids is 5. The van der Waals surface area contributed by atoms with Crippen molar-refractivity contribution in [2.75, 3.05) is 32.9 Å². The van der Waals surface area contributed by atoms with E-state index < -0.39 is 23.8 Å². The largest absolute Gasteiger partial charge is 0.510 e. The van der Waals surface area contributed by atoms with Crippen molar-refractivity contribution in [2.24, 2.45) is 0 Å². The average Bonchev–Trinajstić information content (AvgIpc) is 1.82. The van der Waals surface area contributed by atoms with Crippen molar-refractivity contribution >= 4 is 30.0 Å². The van der Waals surface area contributed by atoms with E-state index in [2.05, 4.69) is 13.8 Å². The molecule has 2 atom stereocenters. The van der Waals surface area contributed by atoms with Crippen molar-refractivity contribution in [1.29, 1.82) is 0 Å². The van der Waals surface area contributed by atoms with E-state index in [4.69, 9.17) is 28.4 Å². The lowest BCUT2D eigenvalue weighted by molar-refractivity contribution is -0.956. The molecule has 0 N–H and O–H groups in total. The standard InChI is InChI=1S/C77H126NO11/c1-3-5-7-9-11-13-15-18-22-26-30-34-44-54-72(79)85-64-71(65-86-73(80)55-45-35-31-27-23-19-16-14-12-10-8-6-4-2)87-74(81)56-46-36-32-28-24-20-17-21-25-29-33-37-49-61-84-76(83)89-77(66-50-40-38-41-51-66,67-52-42-39-43-53-67)75(82)88-70-62-68-57-58-69(63-70)78(68)59-47-48-60-78/h38-43,50-53,68-71H,3-37,44-49,54-65H2,1-2H3/q+1. The van der Waals surface area contributed by atoms with Crippen molar-refractivity contribution < 1.29 is 56.9 Å². The van der Waals surface area contributed by atoms with E-state index in [9.17, 15) is 24.0 Å². The molecule has 2 aromatic rings. The third-order valence-electron chi connectivity index (χ3n) is 19.8. The minimum atomic E-state index is -1.80. The topological polar surface area (TPSA) is 141 Å². The minimum absolute atomic E-state index is 0.101. The van der Waals surface area contributed by atoms with Crippen molar-refractivity contribution in [3.05, 3.63) is 71.8 Å². The van der Waals surface area contributed by atoms with E-state index in [1.54, 1.807) is 0 Å². The number of ether oxygens (including phenoxy) is 6. The summed E-state index contributed by atoms with van der Waals surface area (Å²) in [6, 6.07) is 19.5. The summed E-state index contributed by atoms with van der Waals surface area (Å²) in [5, 5.41) is 0. The SMILES string of the molecule is CCCCCCCCCCCCCCCC(=O)OCC(COC(=O)CCCCCCCCCCCCCCC)OC(=O)CCCCCCCCCCCCCCCOC(=O)OC(C(=O)OC1CC2CCC(C1)[N+]21CCCC1)(c1ccccc1)c1ccccc1. The van der Waals surface area contributed by atoms with Gasteiger partial charge in [-0.15, -0.1) is 0 Å². The van der Waals surface area contributed by atoms with Gasteiger partial charge in [0.15, 0.2) is 6.10 Å². The van der Waals surface area contributed by atoms with E-state index in [1.165, 1.54) is 204 Å². The van der Waals surface area contributed by atoms with Crippen LogP contribution in [0.5, 0.6) is 0 Å². The first-order valence-electron chi connectivity index (χ1n) is 37.2. The number of unbranched alkanes of at least 4 members (excludes halogenated alkanes) is 36. The zero-order valence-corrected chi connectivity index (χ0v) is 56.5. The highest BCUT2D eigenvalue weighted by Crippen LogP contribution is 2.47. The summed E-state index contributed by atoms with van der Waals surface area (Å²) in [6.45, 7) is 7.02. The molecule has 12 nitrogen and oxygen atoms in total. The lowest BCUT2D eigenvalue weighted by Crippen LogP contribution is -2.60. The summed E-state index contributed by atoms with van der Waals surface area (Å²) in [6.07, 6.45) is 51.6. The molecule has 2 aromatic carbocycles. The first-order chi connectivity index (χ1) is 43.7. The monoisotopic (exact) mass is 1240 g/mol. The molecule has 504 valence electrons. The number of quaternary nitrogens is 1. The Kier molecular flexibility index (Phi) is 40.1. The summed E-state index contributed by atoms with van der Waals surface area (Å²) >= 11 is 0. The second kappa shape index (κ2) is 47.4. The van der Waals surface area contributed by atoms with Crippen LogP contribution in [0, 0.1) is 0 Å². The van der Waals surface area contributed by atoms with Crippen LogP contribution in [-0.2, 0) is 53.2 Å². The van der Waals surface area contributed by atoms with Crippen LogP contribution in [0.25, 0.3) is 0 Å². The molecule has 0 saturated carbocycles. The number of esters is 4. The smallest absolute Gasteiger partial charge is 0.462 e. The van der Waals surface area contributed by atoms with Gasteiger partial charge in [0.2, 0.25) is 0 Å². The van der Waals surface area contributed by atoms with Crippen LogP contribution in [0.4, 0.5) is 4.79 Å². The molecule has 1 spiro atoms. The Balaban J connectivity index is 0.898. The highest BCUT2D eigenvalue weighted by atomic mass is 16.7. The highest BCUT2D eigenvalue weighted by Gasteiger charge is 2.57. The summed E-state index contributed by atoms with van der Waals surface area (Å²) in [7, 11) is 0. The average molecular weight is 1240 g/mol. The lowest BCUT2D eigenvalue weighted by atomic mass is 9.85. The zero-order valence-electron chi connectivity index (χ0n) is 56.5. The Hall–Kier alpha value is -4.45. The van der Waals surface area contributed by atoms with E-state index >= 15 is 0 Å². The van der Waals surface area contributed by atoms with Crippen LogP contribution in [0.2, 0.25) is 0 Å². The van der Waals surface area contributed by atoms with Gasteiger partial charge in [-0.25, -0.2) is 9.59 Å². The van der Waals surface area contributed by atoms with Crippen LogP contribution >= 0.6 is 0 Å². The second-order valence-corrected chi connectivity index (χ2v) is 27.1. The number of nitrogens with zero attached hydrogens (tertiary/aromatic N) is 1. The fourth-order valence-corrected chi connectivity index (χ4v) is 14.5. The molecule has 0 amide bonds. The fraction of sp³-hybridized carbons (Fsp3) is 0.779. The zero-order chi connectivity index (χ0) is 63.1. The lowest BCUT2D eigenvalue weighted by Gasteiger charge is -2.47. The normalized spacial score (nSPS) is 16.8. The third-order valence-corrected chi connectivity index (χ3v) is 19.8. The number of hydrogen-bond donors (Lipinski definition) is 0. The Morgan fingerprint density at radius 1 is 0.427 bits per heavy atom. The molecule has 0 aromatic heterocycles. The molecule has 3 heterocycles. The minimum Gasteiger partial charge on any atom is -0.462 e. The van der Waals surface area contributed by atoms with Crippen LogP contribution in [0.1, 0.15) is 333 Å². The molecule has 0 aliphatic carbocycles. The third kappa shape index (κ3) is 30.2. The quantitative estimate of drug-likeness (QED) is 0.0270. The predicted molar refractivity (Wildman–Crippen MR) is 358 cm³/mol. The van der Waals surface area contributed by atoms with E-state index in [0.717, 1.165) is 103 Å². The maximum atomic E-state index is 14.7. The van der Waals surface area contributed by atoms with E-state index in [1.807, 2.05) is 60.7 Å². The number of piperidine rings is 1. The maximum Gasteiger partial charge on any atom is 0.510 e. The van der Waals surface area contributed by atoms with Gasteiger partial charge in [0.05, 0.1) is 31.8 Å². The summed E-state index contributed by atoms with van der Waals surface area (Å²) in [4.78, 5) is 66.8. The van der Waals surface area contributed by atoms with Crippen molar-refractivity contribution in [3.63, 3.8) is 0 Å². The van der Waals surface area contributed by atoms with Gasteiger partial charge < -0.3 is 32.9 Å². The van der Waals surface area contributed by atoms with Gasteiger partial charge in [-0.2, -0.15) is 0 Å². The summed E-state index contributed by atoms with van der Waals surface area (Å²) < 4.78 is 36.5. The Morgan fingerprint density at radius 2 is 0.764 bits per heavy atom. The van der Waals surface area contributed by atoms with Gasteiger partial charge in [0.1, 0.15) is 19.3 Å². The summed E-state index contributed by atoms with van der Waals surface area (Å²) in [5.41, 5.74) is -0.723. The van der Waals surface area contributed by atoms with Gasteiger partial charge in [0.25, 0.3) is 5.60 Å². The number of hydrogen-bond acceptors (Lipinski definition) is 11. The molecule has 12 heteroatoms. The first-order valence-corrected chi connectivity index (χ1v) is 37.2. The van der Waals surface area contributed by atoms with Crippen LogP contribution in [0.15, 0.2) is 60.7 Å². The van der Waals surface area contributed by atoms with Crippen molar-refractivity contribution in [2.45, 2.75) is 352 Å². The molecule has 2 bridgehead atoms. The van der Waals surface area contributed by atoms with Gasteiger partial charge in [-0.05, 0) is 25.7 Å². The molecule has 3 fully saturated rings. The number of rotatable bonds is 54. The van der Waals surface area contributed by atoms with Crippen molar-refractivity contribution in [1.82, 2.24) is 0 Å². The molecule has 0 radical (unpaired) electrons. The molecular formula is C77H126NO11+. The van der Waals surface area contributed by atoms with Gasteiger partial charge >= 0.3 is 30.0 Å². The van der Waals surface area contributed by atoms with Gasteiger partial charge in [-0.3, -0.25) is 14.4 Å². The molecule has 89 heavy (non-hydrogen) atoms. The Bertz CT molecular complexity index is 2040. The van der Waals surface area contributed by atoms with Gasteiger partial charge in [0, 0.05) is 68.9 Å². The predicted octanol–water partition coefficient (Wildman–Crippen LogP) is 20.4. The van der Waals surface area contributed by atoms with Crippen LogP contribution < -0.4 is 0 Å². The molecule has 5 rings (SSSR count). The van der Waals surface area contributed by atoms with E-state index in [0.29, 0.717) is 36.1 Å². The number of benzene rings is 2. The Labute approximate surface area is 541 Å². The van der Waals surface area contributed by atoms with Crippen LogP contribution in [0.3, 0.4) is 0 Å². The van der Waals surface area contributed by atoms with E-state index in [-0.39, 0.29) is 50.3 Å². The second-order valence-electron chi connectivity index (χ2n) is 27.1. The summed E-state index contributed by atoms with van der Waals surface area (Å²) in [5.74, 6) is -1.50. The number of carbonyl (C=O) groups is 5. The Morgan fingerprint density at radius 3 is 1.13 bits per heavy atom. The first kappa shape index (κ1) is 75.3. The maximum absolute atomic E-state index is 14.7. The molecule has 3 aliphatic heterocycles. The molecule has 2 unspecified atom stereocenters. The molecule has 3 aliphatic rings. The molecule has 3 saturated heterocycles. The van der Waals surface area contributed by atoms with Crippen molar-refractivity contribution in [3.8, 4) is 0 Å².